The van der Waals surface area contributed by atoms with Crippen molar-refractivity contribution in [3.63, 3.8) is 0 Å². The molecule has 0 aliphatic heterocycles. The van der Waals surface area contributed by atoms with Gasteiger partial charge in [0.2, 0.25) is 5.78 Å². The molecule has 0 saturated carbocycles. The molecule has 13 heteroatoms. The number of ether oxygens (including phenoxy) is 2. The largest absolute Gasteiger partial charge is 0.443 e. The number of ketones is 1. The highest BCUT2D eigenvalue weighted by Gasteiger charge is 2.31. The lowest BCUT2D eigenvalue weighted by Gasteiger charge is -2.26. The first-order chi connectivity index (χ1) is 22.4. The number of rotatable bonds is 11. The lowest BCUT2D eigenvalue weighted by Crippen LogP contribution is -2.35. The molecule has 0 amide bonds. The number of halogens is 3. The first-order valence-corrected chi connectivity index (χ1v) is 16.9. The van der Waals surface area contributed by atoms with E-state index >= 15 is 8.78 Å². The molecule has 0 saturated heterocycles. The summed E-state index contributed by atoms with van der Waals surface area (Å²) in [6.45, 7) is 10.8. The molecule has 2 aromatic heterocycles. The van der Waals surface area contributed by atoms with Gasteiger partial charge in [-0.2, -0.15) is 0 Å². The number of carbonyl (C=O) groups is 3. The van der Waals surface area contributed by atoms with Gasteiger partial charge in [0, 0.05) is 34.1 Å². The predicted octanol–water partition coefficient (Wildman–Crippen LogP) is 7.84. The quantitative estimate of drug-likeness (QED) is 0.0891. The number of hydrogen-bond acceptors (Lipinski definition) is 7. The molecule has 0 spiro atoms. The van der Waals surface area contributed by atoms with E-state index in [9.17, 15) is 18.6 Å². The van der Waals surface area contributed by atoms with E-state index < -0.39 is 63.5 Å². The predicted molar refractivity (Wildman–Crippen MR) is 182 cm³/mol. The van der Waals surface area contributed by atoms with Gasteiger partial charge < -0.3 is 9.47 Å². The molecule has 2 heterocycles. The van der Waals surface area contributed by atoms with E-state index in [0.29, 0.717) is 17.0 Å². The Balaban J connectivity index is 1.84. The zero-order chi connectivity index (χ0) is 35.6. The van der Waals surface area contributed by atoms with Crippen LogP contribution in [0.5, 0.6) is 0 Å². The minimum Gasteiger partial charge on any atom is -0.443 e. The van der Waals surface area contributed by atoms with Crippen LogP contribution in [0.4, 0.5) is 14.5 Å². The lowest BCUT2D eigenvalue weighted by atomic mass is 9.97. The summed E-state index contributed by atoms with van der Waals surface area (Å²) >= 11 is 6.06. The monoisotopic (exact) mass is 701 g/mol. The molecule has 48 heavy (non-hydrogen) atoms. The summed E-state index contributed by atoms with van der Waals surface area (Å²) in [6, 6.07) is 10.5. The van der Waals surface area contributed by atoms with Gasteiger partial charge in [0.1, 0.15) is 22.5 Å². The van der Waals surface area contributed by atoms with E-state index in [1.54, 1.807) is 85.0 Å². The third kappa shape index (κ3) is 8.10. The Labute approximate surface area is 285 Å². The van der Waals surface area contributed by atoms with Gasteiger partial charge in [-0.15, -0.1) is 0 Å². The van der Waals surface area contributed by atoms with E-state index in [-0.39, 0.29) is 34.8 Å². The number of nitrogens with zero attached hydrogens (tertiary/aromatic N) is 3. The first kappa shape index (κ1) is 36.7. The van der Waals surface area contributed by atoms with E-state index in [1.165, 1.54) is 10.8 Å². The molecule has 2 aromatic carbocycles. The average molecular weight is 702 g/mol. The molecule has 1 unspecified atom stereocenters. The standard InChI is InChI=1S/C35H38ClF2N3O6S/c1-8-15-48(45)41(20-47-33(44)35(5,6)7)27-14-13-26(37)28(29(27)38)30(42)25-18-40(19-46-32(43)34(2,3)4)31-24(25)16-22(17-39-31)21-9-11-23(36)12-10-21/h9-14,16-18H,8,15,19-20H2,1-7H3. The molecular weight excluding hydrogens is 664 g/mol. The summed E-state index contributed by atoms with van der Waals surface area (Å²) in [5, 5.41) is 0.761. The van der Waals surface area contributed by atoms with Crippen molar-refractivity contribution in [1.82, 2.24) is 9.55 Å². The minimum atomic E-state index is -1.88. The topological polar surface area (TPSA) is 108 Å². The van der Waals surface area contributed by atoms with Crippen molar-refractivity contribution < 1.29 is 36.8 Å². The molecular formula is C35H38ClF2N3O6S. The van der Waals surface area contributed by atoms with Gasteiger partial charge in [0.15, 0.2) is 19.3 Å². The Kier molecular flexibility index (Phi) is 11.1. The lowest BCUT2D eigenvalue weighted by molar-refractivity contribution is -0.156. The highest BCUT2D eigenvalue weighted by Crippen LogP contribution is 2.33. The highest BCUT2D eigenvalue weighted by atomic mass is 35.5. The molecule has 0 N–H and O–H groups in total. The average Bonchev–Trinajstić information content (AvgIpc) is 3.38. The number of benzene rings is 2. The van der Waals surface area contributed by atoms with Gasteiger partial charge in [-0.05, 0) is 83.9 Å². The van der Waals surface area contributed by atoms with Crippen LogP contribution in [0, 0.1) is 22.5 Å². The molecule has 0 aliphatic rings. The highest BCUT2D eigenvalue weighted by molar-refractivity contribution is 7.86. The van der Waals surface area contributed by atoms with E-state index in [4.69, 9.17) is 21.1 Å². The number of carbonyl (C=O) groups excluding carboxylic acids is 3. The molecule has 0 radical (unpaired) electrons. The summed E-state index contributed by atoms with van der Waals surface area (Å²) in [5.74, 6) is -4.50. The molecule has 4 rings (SSSR count). The molecule has 0 aliphatic carbocycles. The Morgan fingerprint density at radius 3 is 2.17 bits per heavy atom. The third-order valence-electron chi connectivity index (χ3n) is 7.20. The van der Waals surface area contributed by atoms with Crippen molar-refractivity contribution in [2.24, 2.45) is 10.8 Å². The van der Waals surface area contributed by atoms with Gasteiger partial charge in [0.05, 0.1) is 27.6 Å². The van der Waals surface area contributed by atoms with Gasteiger partial charge in [-0.1, -0.05) is 30.7 Å². The van der Waals surface area contributed by atoms with Gasteiger partial charge in [-0.25, -0.2) is 18.0 Å². The Morgan fingerprint density at radius 2 is 1.56 bits per heavy atom. The molecule has 4 aromatic rings. The van der Waals surface area contributed by atoms with Crippen LogP contribution >= 0.6 is 11.6 Å². The van der Waals surface area contributed by atoms with Crippen LogP contribution in [0.1, 0.15) is 70.8 Å². The molecule has 0 bridgehead atoms. The number of anilines is 1. The third-order valence-corrected chi connectivity index (χ3v) is 9.00. The van der Waals surface area contributed by atoms with E-state index in [1.807, 2.05) is 0 Å². The molecule has 9 nitrogen and oxygen atoms in total. The number of fused-ring (bicyclic) bond motifs is 1. The molecule has 1 atom stereocenters. The zero-order valence-electron chi connectivity index (χ0n) is 27.9. The van der Waals surface area contributed by atoms with Gasteiger partial charge in [-0.3, -0.25) is 23.3 Å². The number of esters is 2. The summed E-state index contributed by atoms with van der Waals surface area (Å²) in [5.41, 5.74) is -1.56. The van der Waals surface area contributed by atoms with Crippen LogP contribution in [0.25, 0.3) is 22.2 Å². The molecule has 0 fully saturated rings. The maximum Gasteiger partial charge on any atom is 0.312 e. The SMILES string of the molecule is CCCS(=O)N(COC(=O)C(C)(C)C)c1ccc(F)c(C(=O)c2cn(COC(=O)C(C)(C)C)c3ncc(-c4ccc(Cl)cc4)cc23)c1F. The maximum atomic E-state index is 16.4. The smallest absolute Gasteiger partial charge is 0.312 e. The molecule has 256 valence electrons. The van der Waals surface area contributed by atoms with Crippen molar-refractivity contribution in [2.45, 2.75) is 61.6 Å². The fourth-order valence-corrected chi connectivity index (χ4v) is 5.76. The second-order valence-electron chi connectivity index (χ2n) is 13.2. The van der Waals surface area contributed by atoms with Crippen molar-refractivity contribution in [1.29, 1.82) is 0 Å². The van der Waals surface area contributed by atoms with Crippen molar-refractivity contribution in [2.75, 3.05) is 16.8 Å². The van der Waals surface area contributed by atoms with E-state index in [2.05, 4.69) is 4.98 Å². The minimum absolute atomic E-state index is 0.0904. The van der Waals surface area contributed by atoms with Crippen LogP contribution in [0.2, 0.25) is 5.02 Å². The van der Waals surface area contributed by atoms with Gasteiger partial charge >= 0.3 is 11.9 Å². The Bertz CT molecular complexity index is 1880. The Morgan fingerprint density at radius 1 is 0.938 bits per heavy atom. The first-order valence-electron chi connectivity index (χ1n) is 15.2. The van der Waals surface area contributed by atoms with Gasteiger partial charge in [0.25, 0.3) is 0 Å². The van der Waals surface area contributed by atoms with Crippen LogP contribution in [0.3, 0.4) is 0 Å². The number of hydrogen-bond donors (Lipinski definition) is 0. The summed E-state index contributed by atoms with van der Waals surface area (Å²) in [7, 11) is -1.88. The second kappa shape index (κ2) is 14.5. The van der Waals surface area contributed by atoms with Crippen LogP contribution in [-0.4, -0.2) is 44.0 Å². The second-order valence-corrected chi connectivity index (χ2v) is 15.2. The van der Waals surface area contributed by atoms with Crippen molar-refractivity contribution >= 4 is 57.0 Å². The summed E-state index contributed by atoms with van der Waals surface area (Å²) in [6.07, 6.45) is 3.34. The van der Waals surface area contributed by atoms with Crippen LogP contribution < -0.4 is 4.31 Å². The van der Waals surface area contributed by atoms with E-state index in [0.717, 1.165) is 22.0 Å². The normalized spacial score (nSPS) is 12.5. The summed E-state index contributed by atoms with van der Waals surface area (Å²) in [4.78, 5) is 43.7. The summed E-state index contributed by atoms with van der Waals surface area (Å²) < 4.78 is 58.3. The van der Waals surface area contributed by atoms with Crippen molar-refractivity contribution in [3.05, 3.63) is 82.6 Å². The van der Waals surface area contributed by atoms with Crippen molar-refractivity contribution in [3.8, 4) is 11.1 Å². The number of pyridine rings is 1. The number of aromatic nitrogens is 2. The maximum absolute atomic E-state index is 16.4. The Hall–Kier alpha value is -4.16. The fourth-order valence-electron chi connectivity index (χ4n) is 4.53. The van der Waals surface area contributed by atoms with Crippen LogP contribution in [0.15, 0.2) is 54.9 Å². The van der Waals surface area contributed by atoms with Crippen LogP contribution in [-0.2, 0) is 36.8 Å². The fraction of sp³-hybridized carbons (Fsp3) is 0.371. The zero-order valence-corrected chi connectivity index (χ0v) is 29.4.